The molecule has 0 saturated carbocycles. The maximum atomic E-state index is 13.5. The van der Waals surface area contributed by atoms with Gasteiger partial charge in [-0.3, -0.25) is 4.79 Å². The second-order valence-electron chi connectivity index (χ2n) is 3.38. The maximum Gasteiger partial charge on any atom is 0.286 e. The highest BCUT2D eigenvalue weighted by Crippen LogP contribution is 2.27. The second kappa shape index (κ2) is 3.97. The van der Waals surface area contributed by atoms with Crippen molar-refractivity contribution < 1.29 is 18.0 Å². The summed E-state index contributed by atoms with van der Waals surface area (Å²) >= 11 is 0. The molecule has 0 saturated heterocycles. The van der Waals surface area contributed by atoms with Crippen LogP contribution in [0.4, 0.5) is 8.78 Å². The summed E-state index contributed by atoms with van der Waals surface area (Å²) < 4.78 is 31.5. The molecule has 0 fully saturated rings. The number of carbonyl (C=O) groups excluding carboxylic acids is 1. The number of carbonyl (C=O) groups is 1. The van der Waals surface area contributed by atoms with Gasteiger partial charge in [-0.25, -0.2) is 13.8 Å². The molecule has 0 bridgehead atoms. The van der Waals surface area contributed by atoms with E-state index in [1.807, 2.05) is 0 Å². The van der Waals surface area contributed by atoms with E-state index in [9.17, 15) is 13.6 Å². The zero-order valence-corrected chi connectivity index (χ0v) is 8.83. The second-order valence-corrected chi connectivity index (χ2v) is 3.38. The normalized spacial score (nSPS) is 10.5. The smallest absolute Gasteiger partial charge is 0.286 e. The van der Waals surface area contributed by atoms with Crippen molar-refractivity contribution in [2.24, 2.45) is 5.73 Å². The largest absolute Gasteiger partial charge is 0.435 e. The number of halogens is 2. The molecule has 1 heterocycles. The molecule has 0 spiro atoms. The lowest BCUT2D eigenvalue weighted by Gasteiger charge is -2.00. The van der Waals surface area contributed by atoms with Crippen LogP contribution >= 0.6 is 0 Å². The monoisotopic (exact) mass is 238 g/mol. The van der Waals surface area contributed by atoms with Gasteiger partial charge < -0.3 is 10.2 Å². The number of rotatable bonds is 2. The summed E-state index contributed by atoms with van der Waals surface area (Å²) in [6.07, 6.45) is 0. The lowest BCUT2D eigenvalue weighted by Crippen LogP contribution is -2.11. The van der Waals surface area contributed by atoms with Crippen LogP contribution in [0.5, 0.6) is 0 Å². The van der Waals surface area contributed by atoms with Gasteiger partial charge >= 0.3 is 0 Å². The number of benzene rings is 1. The van der Waals surface area contributed by atoms with Gasteiger partial charge in [-0.15, -0.1) is 0 Å². The Balaban J connectivity index is 2.68. The lowest BCUT2D eigenvalue weighted by atomic mass is 10.1. The minimum absolute atomic E-state index is 0.0907. The molecule has 6 heteroatoms. The van der Waals surface area contributed by atoms with E-state index in [0.717, 1.165) is 6.07 Å². The molecule has 0 aliphatic carbocycles. The minimum atomic E-state index is -1.09. The minimum Gasteiger partial charge on any atom is -0.435 e. The molecule has 2 aromatic rings. The summed E-state index contributed by atoms with van der Waals surface area (Å²) in [5.74, 6) is -3.14. The average molecular weight is 238 g/mol. The molecule has 0 unspecified atom stereocenters. The summed E-state index contributed by atoms with van der Waals surface area (Å²) in [6.45, 7) is 1.48. The Morgan fingerprint density at radius 2 is 2.12 bits per heavy atom. The quantitative estimate of drug-likeness (QED) is 0.870. The van der Waals surface area contributed by atoms with Crippen LogP contribution in [0.15, 0.2) is 22.6 Å². The Morgan fingerprint density at radius 3 is 2.76 bits per heavy atom. The highest BCUT2D eigenvalue weighted by Gasteiger charge is 2.21. The van der Waals surface area contributed by atoms with Gasteiger partial charge in [0, 0.05) is 12.5 Å². The molecule has 0 radical (unpaired) electrons. The molecule has 0 atom stereocenters. The third-order valence-corrected chi connectivity index (χ3v) is 2.16. The Kier molecular flexibility index (Phi) is 2.63. The topological polar surface area (TPSA) is 69.1 Å². The Bertz CT molecular complexity index is 593. The van der Waals surface area contributed by atoms with Crippen LogP contribution in [0.25, 0.3) is 11.3 Å². The van der Waals surface area contributed by atoms with Gasteiger partial charge in [0.15, 0.2) is 17.5 Å². The number of aromatic nitrogens is 1. The fourth-order valence-corrected chi connectivity index (χ4v) is 1.46. The Hall–Kier alpha value is -2.24. The van der Waals surface area contributed by atoms with E-state index in [-0.39, 0.29) is 22.9 Å². The fraction of sp³-hybridized carbons (Fsp3) is 0.0909. The molecule has 1 amide bonds. The number of hydrogen-bond donors (Lipinski definition) is 1. The van der Waals surface area contributed by atoms with E-state index in [2.05, 4.69) is 4.98 Å². The van der Waals surface area contributed by atoms with Crippen LogP contribution < -0.4 is 5.73 Å². The number of primary amides is 1. The van der Waals surface area contributed by atoms with Crippen molar-refractivity contribution in [3.63, 3.8) is 0 Å². The zero-order chi connectivity index (χ0) is 12.6. The first-order chi connectivity index (χ1) is 8.00. The molecule has 0 aliphatic heterocycles. The SMILES string of the molecule is Cc1nc(-c2cccc(F)c2F)c(C(N)=O)o1. The van der Waals surface area contributed by atoms with E-state index >= 15 is 0 Å². The predicted octanol–water partition coefficient (Wildman–Crippen LogP) is 2.03. The third-order valence-electron chi connectivity index (χ3n) is 2.16. The van der Waals surface area contributed by atoms with Gasteiger partial charge in [0.2, 0.25) is 5.76 Å². The van der Waals surface area contributed by atoms with Gasteiger partial charge in [-0.05, 0) is 12.1 Å². The highest BCUT2D eigenvalue weighted by atomic mass is 19.2. The molecule has 2 rings (SSSR count). The van der Waals surface area contributed by atoms with Crippen molar-refractivity contribution in [3.8, 4) is 11.3 Å². The van der Waals surface area contributed by atoms with Crippen LogP contribution in [-0.4, -0.2) is 10.9 Å². The standard InChI is InChI=1S/C11H8F2N2O2/c1-5-15-9(10(17-5)11(14)16)6-3-2-4-7(12)8(6)13/h2-4H,1H3,(H2,14,16). The summed E-state index contributed by atoms with van der Waals surface area (Å²) in [7, 11) is 0. The van der Waals surface area contributed by atoms with Crippen molar-refractivity contribution in [2.45, 2.75) is 6.92 Å². The molecule has 2 N–H and O–H groups in total. The third kappa shape index (κ3) is 1.89. The number of hydrogen-bond acceptors (Lipinski definition) is 3. The average Bonchev–Trinajstić information content (AvgIpc) is 2.64. The number of aryl methyl sites for hydroxylation is 1. The van der Waals surface area contributed by atoms with Gasteiger partial charge in [0.25, 0.3) is 5.91 Å². The molecule has 1 aromatic carbocycles. The summed E-state index contributed by atoms with van der Waals surface area (Å²) in [4.78, 5) is 14.9. The van der Waals surface area contributed by atoms with E-state index in [1.54, 1.807) is 0 Å². The van der Waals surface area contributed by atoms with Crippen LogP contribution in [-0.2, 0) is 0 Å². The first-order valence-electron chi connectivity index (χ1n) is 4.72. The van der Waals surface area contributed by atoms with Crippen LogP contribution in [0.1, 0.15) is 16.4 Å². The molecule has 88 valence electrons. The van der Waals surface area contributed by atoms with Crippen molar-refractivity contribution in [2.75, 3.05) is 0 Å². The number of nitrogens with two attached hydrogens (primary N) is 1. The highest BCUT2D eigenvalue weighted by molar-refractivity contribution is 5.96. The van der Waals surface area contributed by atoms with Gasteiger partial charge in [0.1, 0.15) is 5.69 Å². The van der Waals surface area contributed by atoms with Crippen molar-refractivity contribution in [3.05, 3.63) is 41.5 Å². The number of oxazole rings is 1. The van der Waals surface area contributed by atoms with E-state index in [4.69, 9.17) is 10.2 Å². The molecule has 17 heavy (non-hydrogen) atoms. The molecule has 1 aromatic heterocycles. The zero-order valence-electron chi connectivity index (χ0n) is 8.83. The first-order valence-corrected chi connectivity index (χ1v) is 4.72. The van der Waals surface area contributed by atoms with E-state index < -0.39 is 17.5 Å². The number of nitrogens with zero attached hydrogens (tertiary/aromatic N) is 1. The fourth-order valence-electron chi connectivity index (χ4n) is 1.46. The summed E-state index contributed by atoms with van der Waals surface area (Å²) in [5.41, 5.74) is 4.82. The maximum absolute atomic E-state index is 13.5. The van der Waals surface area contributed by atoms with Gasteiger partial charge in [-0.2, -0.15) is 0 Å². The molecular formula is C11H8F2N2O2. The van der Waals surface area contributed by atoms with E-state index in [0.29, 0.717) is 0 Å². The van der Waals surface area contributed by atoms with Crippen LogP contribution in [0.2, 0.25) is 0 Å². The number of amides is 1. The first kappa shape index (κ1) is 11.3. The van der Waals surface area contributed by atoms with Crippen molar-refractivity contribution >= 4 is 5.91 Å². The summed E-state index contributed by atoms with van der Waals surface area (Å²) in [5, 5.41) is 0. The molecule has 0 aliphatic rings. The Morgan fingerprint density at radius 1 is 1.41 bits per heavy atom. The Labute approximate surface area is 95.1 Å². The molecule has 4 nitrogen and oxygen atoms in total. The van der Waals surface area contributed by atoms with Gasteiger partial charge in [-0.1, -0.05) is 6.07 Å². The van der Waals surface area contributed by atoms with Crippen LogP contribution in [0, 0.1) is 18.6 Å². The van der Waals surface area contributed by atoms with Crippen molar-refractivity contribution in [1.82, 2.24) is 4.98 Å². The predicted molar refractivity (Wildman–Crippen MR) is 55.1 cm³/mol. The van der Waals surface area contributed by atoms with E-state index in [1.165, 1.54) is 19.1 Å². The summed E-state index contributed by atoms with van der Waals surface area (Å²) in [6, 6.07) is 3.57. The van der Waals surface area contributed by atoms with Gasteiger partial charge in [0.05, 0.1) is 0 Å². The molecular weight excluding hydrogens is 230 g/mol. The van der Waals surface area contributed by atoms with Crippen molar-refractivity contribution in [1.29, 1.82) is 0 Å². The lowest BCUT2D eigenvalue weighted by molar-refractivity contribution is 0.0973. The van der Waals surface area contributed by atoms with Crippen LogP contribution in [0.3, 0.4) is 0 Å².